The molecule has 104 valence electrons. The first kappa shape index (κ1) is 14.9. The Balaban J connectivity index is 2.71. The lowest BCUT2D eigenvalue weighted by atomic mass is 9.96. The molecule has 6 nitrogen and oxygen atoms in total. The zero-order valence-electron chi connectivity index (χ0n) is 11.4. The molecule has 0 radical (unpaired) electrons. The van der Waals surface area contributed by atoms with E-state index in [1.54, 1.807) is 30.1 Å². The number of aryl methyl sites for hydroxylation is 1. The number of aliphatic carboxylic acids is 1. The van der Waals surface area contributed by atoms with E-state index in [0.29, 0.717) is 12.8 Å². The van der Waals surface area contributed by atoms with Gasteiger partial charge in [0.05, 0.1) is 5.69 Å². The van der Waals surface area contributed by atoms with Crippen LogP contribution in [0.5, 0.6) is 0 Å². The van der Waals surface area contributed by atoms with Gasteiger partial charge in [0.1, 0.15) is 5.54 Å². The molecule has 19 heavy (non-hydrogen) atoms. The van der Waals surface area contributed by atoms with Crippen LogP contribution < -0.4 is 5.32 Å². The quantitative estimate of drug-likeness (QED) is 0.757. The normalized spacial score (nSPS) is 14.3. The average molecular weight is 265 g/mol. The molecule has 0 saturated carbocycles. The van der Waals surface area contributed by atoms with Gasteiger partial charge in [-0.15, -0.1) is 0 Å². The Hall–Kier alpha value is -2.11. The largest absolute Gasteiger partial charge is 0.480 e. The van der Waals surface area contributed by atoms with E-state index in [4.69, 9.17) is 5.11 Å². The first-order chi connectivity index (χ1) is 8.89. The zero-order chi connectivity index (χ0) is 14.5. The Labute approximate surface area is 112 Å². The second kappa shape index (κ2) is 6.17. The van der Waals surface area contributed by atoms with E-state index in [9.17, 15) is 9.59 Å². The van der Waals surface area contributed by atoms with E-state index in [1.165, 1.54) is 13.0 Å². The SMILES string of the molecule is CCCC(C)(NC(=O)/C=C/c1ccnn1C)C(=O)O. The van der Waals surface area contributed by atoms with Crippen LogP contribution >= 0.6 is 0 Å². The minimum absolute atomic E-state index is 0.383. The lowest BCUT2D eigenvalue weighted by molar-refractivity contribution is -0.146. The maximum absolute atomic E-state index is 11.8. The molecule has 0 aliphatic carbocycles. The number of carboxylic acid groups (broad SMARTS) is 1. The van der Waals surface area contributed by atoms with Gasteiger partial charge in [0, 0.05) is 19.3 Å². The highest BCUT2D eigenvalue weighted by Crippen LogP contribution is 2.12. The number of rotatable bonds is 6. The van der Waals surface area contributed by atoms with Gasteiger partial charge in [0.25, 0.3) is 0 Å². The topological polar surface area (TPSA) is 84.2 Å². The molecule has 0 aliphatic rings. The molecule has 2 N–H and O–H groups in total. The van der Waals surface area contributed by atoms with E-state index in [1.807, 2.05) is 6.92 Å². The summed E-state index contributed by atoms with van der Waals surface area (Å²) in [5, 5.41) is 15.6. The summed E-state index contributed by atoms with van der Waals surface area (Å²) < 4.78 is 1.62. The van der Waals surface area contributed by atoms with Crippen molar-refractivity contribution < 1.29 is 14.7 Å². The van der Waals surface area contributed by atoms with Crippen LogP contribution in [0.3, 0.4) is 0 Å². The molecule has 1 rings (SSSR count). The van der Waals surface area contributed by atoms with E-state index in [2.05, 4.69) is 10.4 Å². The van der Waals surface area contributed by atoms with Crippen LogP contribution in [0.25, 0.3) is 6.08 Å². The second-order valence-electron chi connectivity index (χ2n) is 4.59. The number of hydrogen-bond donors (Lipinski definition) is 2. The van der Waals surface area contributed by atoms with Crippen molar-refractivity contribution in [3.8, 4) is 0 Å². The predicted molar refractivity (Wildman–Crippen MR) is 71.3 cm³/mol. The standard InChI is InChI=1S/C13H19N3O3/c1-4-8-13(2,12(18)19)15-11(17)6-5-10-7-9-14-16(10)3/h5-7,9H,4,8H2,1-3H3,(H,15,17)(H,18,19)/b6-5+. The molecular formula is C13H19N3O3. The number of carboxylic acids is 1. The van der Waals surface area contributed by atoms with Crippen molar-refractivity contribution in [2.45, 2.75) is 32.2 Å². The Morgan fingerprint density at radius 1 is 1.58 bits per heavy atom. The predicted octanol–water partition coefficient (Wildman–Crippen LogP) is 1.19. The Morgan fingerprint density at radius 2 is 2.26 bits per heavy atom. The lowest BCUT2D eigenvalue weighted by Crippen LogP contribution is -2.51. The van der Waals surface area contributed by atoms with E-state index >= 15 is 0 Å². The number of nitrogens with one attached hydrogen (secondary N) is 1. The monoisotopic (exact) mass is 265 g/mol. The fraction of sp³-hybridized carbons (Fsp3) is 0.462. The Morgan fingerprint density at radius 3 is 2.74 bits per heavy atom. The molecule has 0 aromatic carbocycles. The molecule has 1 unspecified atom stereocenters. The molecule has 1 atom stereocenters. The summed E-state index contributed by atoms with van der Waals surface area (Å²) in [7, 11) is 1.76. The van der Waals surface area contributed by atoms with Crippen molar-refractivity contribution in [1.29, 1.82) is 0 Å². The molecule has 0 spiro atoms. The van der Waals surface area contributed by atoms with Crippen molar-refractivity contribution in [1.82, 2.24) is 15.1 Å². The number of nitrogens with zero attached hydrogens (tertiary/aromatic N) is 2. The maximum Gasteiger partial charge on any atom is 0.329 e. The summed E-state index contributed by atoms with van der Waals surface area (Å²) in [6.07, 6.45) is 5.59. The minimum atomic E-state index is -1.23. The van der Waals surface area contributed by atoms with Gasteiger partial charge in [-0.1, -0.05) is 13.3 Å². The summed E-state index contributed by atoms with van der Waals surface area (Å²) in [5.74, 6) is -1.46. The fourth-order valence-corrected chi connectivity index (χ4v) is 1.75. The maximum atomic E-state index is 11.8. The number of carbonyl (C=O) groups excluding carboxylic acids is 1. The summed E-state index contributed by atoms with van der Waals surface area (Å²) in [6.45, 7) is 3.38. The Bertz CT molecular complexity index is 493. The van der Waals surface area contributed by atoms with Gasteiger partial charge in [-0.25, -0.2) is 4.79 Å². The van der Waals surface area contributed by atoms with Crippen LogP contribution in [0, 0.1) is 0 Å². The van der Waals surface area contributed by atoms with Gasteiger partial charge >= 0.3 is 5.97 Å². The van der Waals surface area contributed by atoms with Gasteiger partial charge in [-0.2, -0.15) is 5.10 Å². The van der Waals surface area contributed by atoms with Gasteiger partial charge in [0.15, 0.2) is 0 Å². The summed E-state index contributed by atoms with van der Waals surface area (Å²) in [6, 6.07) is 1.76. The highest BCUT2D eigenvalue weighted by atomic mass is 16.4. The molecule has 0 saturated heterocycles. The van der Waals surface area contributed by atoms with Gasteiger partial charge in [-0.3, -0.25) is 9.48 Å². The van der Waals surface area contributed by atoms with Crippen LogP contribution in [0.2, 0.25) is 0 Å². The van der Waals surface area contributed by atoms with E-state index in [-0.39, 0.29) is 0 Å². The highest BCUT2D eigenvalue weighted by Gasteiger charge is 2.33. The van der Waals surface area contributed by atoms with Crippen molar-refractivity contribution >= 4 is 18.0 Å². The summed E-state index contributed by atoms with van der Waals surface area (Å²) >= 11 is 0. The summed E-state index contributed by atoms with van der Waals surface area (Å²) in [4.78, 5) is 22.9. The molecule has 6 heteroatoms. The highest BCUT2D eigenvalue weighted by molar-refractivity contribution is 5.95. The van der Waals surface area contributed by atoms with Crippen LogP contribution in [-0.2, 0) is 16.6 Å². The van der Waals surface area contributed by atoms with Gasteiger partial charge in [0.2, 0.25) is 5.91 Å². The molecule has 0 aliphatic heterocycles. The number of hydrogen-bond acceptors (Lipinski definition) is 3. The number of carbonyl (C=O) groups is 2. The average Bonchev–Trinajstić information content (AvgIpc) is 2.72. The smallest absolute Gasteiger partial charge is 0.329 e. The minimum Gasteiger partial charge on any atom is -0.480 e. The molecule has 0 bridgehead atoms. The van der Waals surface area contributed by atoms with Crippen molar-refractivity contribution in [2.24, 2.45) is 7.05 Å². The third kappa shape index (κ3) is 3.94. The molecular weight excluding hydrogens is 246 g/mol. The third-order valence-corrected chi connectivity index (χ3v) is 2.89. The second-order valence-corrected chi connectivity index (χ2v) is 4.59. The van der Waals surface area contributed by atoms with Crippen molar-refractivity contribution in [3.05, 3.63) is 24.0 Å². The molecule has 1 aromatic rings. The number of aromatic nitrogens is 2. The first-order valence-corrected chi connectivity index (χ1v) is 6.10. The van der Waals surface area contributed by atoms with Crippen LogP contribution in [0.4, 0.5) is 0 Å². The molecule has 0 fully saturated rings. The first-order valence-electron chi connectivity index (χ1n) is 6.10. The van der Waals surface area contributed by atoms with E-state index < -0.39 is 17.4 Å². The summed E-state index contributed by atoms with van der Waals surface area (Å²) in [5.41, 5.74) is -0.467. The van der Waals surface area contributed by atoms with Crippen LogP contribution in [-0.4, -0.2) is 32.3 Å². The molecule has 1 amide bonds. The Kier molecular flexibility index (Phi) is 4.86. The molecule has 1 heterocycles. The zero-order valence-corrected chi connectivity index (χ0v) is 11.4. The lowest BCUT2D eigenvalue weighted by Gasteiger charge is -2.24. The van der Waals surface area contributed by atoms with Crippen LogP contribution in [0.15, 0.2) is 18.3 Å². The van der Waals surface area contributed by atoms with Crippen molar-refractivity contribution in [2.75, 3.05) is 0 Å². The van der Waals surface area contributed by atoms with Crippen molar-refractivity contribution in [3.63, 3.8) is 0 Å². The van der Waals surface area contributed by atoms with Gasteiger partial charge in [-0.05, 0) is 25.5 Å². The fourth-order valence-electron chi connectivity index (χ4n) is 1.75. The van der Waals surface area contributed by atoms with Crippen LogP contribution in [0.1, 0.15) is 32.4 Å². The van der Waals surface area contributed by atoms with Gasteiger partial charge < -0.3 is 10.4 Å². The number of amides is 1. The third-order valence-electron chi connectivity index (χ3n) is 2.89. The van der Waals surface area contributed by atoms with E-state index in [0.717, 1.165) is 5.69 Å². The molecule has 1 aromatic heterocycles.